The normalized spacial score (nSPS) is 48.8. The van der Waals surface area contributed by atoms with E-state index in [0.29, 0.717) is 11.8 Å². The summed E-state index contributed by atoms with van der Waals surface area (Å²) in [4.78, 5) is 14.2. The second-order valence-corrected chi connectivity index (χ2v) is 9.84. The van der Waals surface area contributed by atoms with Gasteiger partial charge >= 0.3 is 0 Å². The molecule has 3 fully saturated rings. The number of fused-ring (bicyclic) bond motifs is 5. The second kappa shape index (κ2) is 5.79. The average Bonchev–Trinajstić information content (AvgIpc) is 2.83. The summed E-state index contributed by atoms with van der Waals surface area (Å²) in [6.45, 7) is 5.84. The molecule has 0 radical (unpaired) electrons. The number of rotatable bonds is 2. The van der Waals surface area contributed by atoms with Crippen LogP contribution in [0.15, 0.2) is 23.8 Å². The van der Waals surface area contributed by atoms with E-state index in [-0.39, 0.29) is 28.6 Å². The van der Waals surface area contributed by atoms with E-state index in [0.717, 1.165) is 31.7 Å². The molecule has 25 heavy (non-hydrogen) atoms. The number of allylic oxidation sites excluding steroid dienone is 4. The molecule has 0 amide bonds. The van der Waals surface area contributed by atoms with Crippen molar-refractivity contribution in [3.63, 3.8) is 0 Å². The van der Waals surface area contributed by atoms with Gasteiger partial charge in [-0.2, -0.15) is 0 Å². The van der Waals surface area contributed by atoms with Gasteiger partial charge in [0.2, 0.25) is 0 Å². The molecule has 138 valence electrons. The van der Waals surface area contributed by atoms with Gasteiger partial charge in [0.25, 0.3) is 0 Å². The molecule has 0 aromatic rings. The van der Waals surface area contributed by atoms with Gasteiger partial charge < -0.3 is 10.0 Å². The van der Waals surface area contributed by atoms with Crippen LogP contribution in [0.25, 0.3) is 0 Å². The topological polar surface area (TPSA) is 40.5 Å². The van der Waals surface area contributed by atoms with Crippen molar-refractivity contribution >= 4 is 5.78 Å². The fraction of sp³-hybridized carbons (Fsp3) is 0.773. The first kappa shape index (κ1) is 17.5. The standard InChI is InChI=1S/C22H33NO2/c1-21-10-9-16(24)11-14(21)5-7-17-18-8-6-15(13-23(3)4)22(18,2)12-19(25)20(17)21/h9-11,15,17-20,25H,5-8,12-13H2,1-4H3/t15-,17?,18?,19+,20?,21+,22-/m1/s1. The van der Waals surface area contributed by atoms with E-state index in [4.69, 9.17) is 0 Å². The van der Waals surface area contributed by atoms with Crippen LogP contribution in [0.4, 0.5) is 0 Å². The summed E-state index contributed by atoms with van der Waals surface area (Å²) in [5, 5.41) is 11.3. The summed E-state index contributed by atoms with van der Waals surface area (Å²) >= 11 is 0. The summed E-state index contributed by atoms with van der Waals surface area (Å²) in [5.74, 6) is 2.38. The summed E-state index contributed by atoms with van der Waals surface area (Å²) in [6.07, 6.45) is 11.1. The Bertz CT molecular complexity index is 636. The van der Waals surface area contributed by atoms with Gasteiger partial charge in [-0.3, -0.25) is 4.79 Å². The Balaban J connectivity index is 1.68. The zero-order valence-electron chi connectivity index (χ0n) is 16.2. The van der Waals surface area contributed by atoms with Crippen LogP contribution >= 0.6 is 0 Å². The molecule has 1 N–H and O–H groups in total. The molecule has 4 aliphatic carbocycles. The van der Waals surface area contributed by atoms with Crippen LogP contribution in [-0.2, 0) is 4.79 Å². The molecule has 0 aromatic heterocycles. The second-order valence-electron chi connectivity index (χ2n) is 9.84. The van der Waals surface area contributed by atoms with E-state index in [1.54, 1.807) is 6.08 Å². The molecule has 3 saturated carbocycles. The minimum Gasteiger partial charge on any atom is -0.393 e. The predicted octanol–water partition coefficient (Wildman–Crippen LogP) is 3.44. The van der Waals surface area contributed by atoms with Crippen LogP contribution in [-0.4, -0.2) is 42.5 Å². The lowest BCUT2D eigenvalue weighted by Crippen LogP contribution is -2.56. The molecule has 0 bridgehead atoms. The highest BCUT2D eigenvalue weighted by atomic mass is 16.3. The molecule has 7 atom stereocenters. The van der Waals surface area contributed by atoms with Crippen molar-refractivity contribution < 1.29 is 9.90 Å². The van der Waals surface area contributed by atoms with Gasteiger partial charge in [-0.1, -0.05) is 25.5 Å². The molecule has 0 aromatic carbocycles. The Morgan fingerprint density at radius 2 is 2.00 bits per heavy atom. The largest absolute Gasteiger partial charge is 0.393 e. The first-order valence-corrected chi connectivity index (χ1v) is 10.0. The van der Waals surface area contributed by atoms with Crippen LogP contribution in [0.2, 0.25) is 0 Å². The minimum absolute atomic E-state index is 0.118. The lowest BCUT2D eigenvalue weighted by Gasteiger charge is -2.59. The number of carbonyl (C=O) groups excluding carboxylic acids is 1. The summed E-state index contributed by atoms with van der Waals surface area (Å²) in [7, 11) is 4.34. The van der Waals surface area contributed by atoms with Crippen molar-refractivity contribution in [3.05, 3.63) is 23.8 Å². The van der Waals surface area contributed by atoms with Crippen molar-refractivity contribution in [3.8, 4) is 0 Å². The van der Waals surface area contributed by atoms with Crippen molar-refractivity contribution in [1.29, 1.82) is 0 Å². The zero-order valence-corrected chi connectivity index (χ0v) is 16.2. The molecule has 0 spiro atoms. The third kappa shape index (κ3) is 2.49. The summed E-state index contributed by atoms with van der Waals surface area (Å²) in [6, 6.07) is 0. The van der Waals surface area contributed by atoms with E-state index in [1.165, 1.54) is 18.4 Å². The quantitative estimate of drug-likeness (QED) is 0.835. The number of hydrogen-bond donors (Lipinski definition) is 1. The highest BCUT2D eigenvalue weighted by Crippen LogP contribution is 2.65. The van der Waals surface area contributed by atoms with Crippen molar-refractivity contribution in [1.82, 2.24) is 4.90 Å². The maximum absolute atomic E-state index is 11.9. The fourth-order valence-electron chi connectivity index (χ4n) is 7.17. The zero-order chi connectivity index (χ0) is 18.0. The number of hydrogen-bond acceptors (Lipinski definition) is 3. The first-order chi connectivity index (χ1) is 11.8. The molecule has 3 nitrogen and oxygen atoms in total. The average molecular weight is 344 g/mol. The van der Waals surface area contributed by atoms with Crippen molar-refractivity contribution in [2.24, 2.45) is 34.5 Å². The smallest absolute Gasteiger partial charge is 0.178 e. The van der Waals surface area contributed by atoms with Crippen LogP contribution in [0.5, 0.6) is 0 Å². The highest BCUT2D eigenvalue weighted by molar-refractivity contribution is 6.01. The number of carbonyl (C=O) groups is 1. The minimum atomic E-state index is -0.263. The van der Waals surface area contributed by atoms with E-state index >= 15 is 0 Å². The SMILES string of the molecule is CN(C)C[C@H]1CCC2C3CCC4=CC(=O)C=C[C@]4(C)C3[C@@H](O)C[C@@]21C. The maximum Gasteiger partial charge on any atom is 0.178 e. The van der Waals surface area contributed by atoms with Crippen molar-refractivity contribution in [2.75, 3.05) is 20.6 Å². The van der Waals surface area contributed by atoms with Gasteiger partial charge in [0.05, 0.1) is 6.10 Å². The van der Waals surface area contributed by atoms with Gasteiger partial charge in [-0.25, -0.2) is 0 Å². The van der Waals surface area contributed by atoms with Gasteiger partial charge in [-0.05, 0) is 81.5 Å². The van der Waals surface area contributed by atoms with E-state index in [1.807, 2.05) is 6.08 Å². The number of ketones is 1. The number of aliphatic hydroxyl groups excluding tert-OH is 1. The lowest BCUT2D eigenvalue weighted by molar-refractivity contribution is -0.119. The van der Waals surface area contributed by atoms with Crippen LogP contribution in [0.3, 0.4) is 0 Å². The monoisotopic (exact) mass is 343 g/mol. The molecular weight excluding hydrogens is 310 g/mol. The summed E-state index contributed by atoms with van der Waals surface area (Å²) < 4.78 is 0. The highest BCUT2D eigenvalue weighted by Gasteiger charge is 2.61. The first-order valence-electron chi connectivity index (χ1n) is 10.0. The Hall–Kier alpha value is -0.930. The third-order valence-electron chi connectivity index (χ3n) is 8.27. The van der Waals surface area contributed by atoms with Crippen molar-refractivity contribution in [2.45, 2.75) is 52.1 Å². The van der Waals surface area contributed by atoms with E-state index in [2.05, 4.69) is 38.9 Å². The molecule has 0 aliphatic heterocycles. The predicted molar refractivity (Wildman–Crippen MR) is 100 cm³/mol. The Labute approximate surface area is 152 Å². The van der Waals surface area contributed by atoms with Gasteiger partial charge in [0, 0.05) is 17.9 Å². The van der Waals surface area contributed by atoms with Crippen LogP contribution < -0.4 is 0 Å². The number of aliphatic hydroxyl groups is 1. The molecule has 0 saturated heterocycles. The van der Waals surface area contributed by atoms with Gasteiger partial charge in [0.1, 0.15) is 0 Å². The lowest BCUT2D eigenvalue weighted by atomic mass is 9.47. The molecule has 0 heterocycles. The van der Waals surface area contributed by atoms with Crippen LogP contribution in [0, 0.1) is 34.5 Å². The van der Waals surface area contributed by atoms with Crippen LogP contribution in [0.1, 0.15) is 46.0 Å². The summed E-state index contributed by atoms with van der Waals surface area (Å²) in [5.41, 5.74) is 1.39. The molecule has 4 aliphatic rings. The molecular formula is C22H33NO2. The third-order valence-corrected chi connectivity index (χ3v) is 8.27. The molecule has 4 rings (SSSR count). The molecule has 3 unspecified atom stereocenters. The maximum atomic E-state index is 11.9. The van der Waals surface area contributed by atoms with E-state index < -0.39 is 0 Å². The fourth-order valence-corrected chi connectivity index (χ4v) is 7.17. The number of nitrogens with zero attached hydrogens (tertiary/aromatic N) is 1. The van der Waals surface area contributed by atoms with E-state index in [9.17, 15) is 9.90 Å². The Morgan fingerprint density at radius 1 is 1.24 bits per heavy atom. The van der Waals surface area contributed by atoms with Gasteiger partial charge in [0.15, 0.2) is 5.78 Å². The molecule has 3 heteroatoms. The Kier molecular flexibility index (Phi) is 4.05. The van der Waals surface area contributed by atoms with Gasteiger partial charge in [-0.15, -0.1) is 0 Å². The Morgan fingerprint density at radius 3 is 2.72 bits per heavy atom.